The van der Waals surface area contributed by atoms with Crippen LogP contribution in [0.4, 0.5) is 0 Å². The molecule has 1 aliphatic rings. The van der Waals surface area contributed by atoms with Crippen LogP contribution in [0.5, 0.6) is 0 Å². The quantitative estimate of drug-likeness (QED) is 0.347. The number of aliphatic imine (C=N–C) groups is 1. The average molecular weight is 426 g/mol. The fraction of sp³-hybridized carbons (Fsp3) is 0.625. The Morgan fingerprint density at radius 1 is 1.10 bits per heavy atom. The molecule has 3 rings (SSSR count). The highest BCUT2D eigenvalue weighted by Gasteiger charge is 2.10. The van der Waals surface area contributed by atoms with E-state index < -0.39 is 0 Å². The summed E-state index contributed by atoms with van der Waals surface area (Å²) in [5.41, 5.74) is 1.26. The molecular formula is C24H39N7. The van der Waals surface area contributed by atoms with Gasteiger partial charge in [0.15, 0.2) is 5.96 Å². The van der Waals surface area contributed by atoms with Crippen molar-refractivity contribution in [1.29, 1.82) is 0 Å². The van der Waals surface area contributed by atoms with Gasteiger partial charge < -0.3 is 20.1 Å². The molecular weight excluding hydrogens is 386 g/mol. The number of benzene rings is 1. The number of hydrogen-bond donors (Lipinski definition) is 2. The Morgan fingerprint density at radius 2 is 1.87 bits per heavy atom. The lowest BCUT2D eigenvalue weighted by Gasteiger charge is -2.20. The summed E-state index contributed by atoms with van der Waals surface area (Å²) in [5.74, 6) is 1.89. The zero-order valence-corrected chi connectivity index (χ0v) is 19.3. The number of aryl methyl sites for hydroxylation is 1. The lowest BCUT2D eigenvalue weighted by Crippen LogP contribution is -2.40. The van der Waals surface area contributed by atoms with Crippen LogP contribution in [0.1, 0.15) is 63.4 Å². The minimum absolute atomic E-state index is 0.194. The van der Waals surface area contributed by atoms with Crippen LogP contribution in [0.2, 0.25) is 0 Å². The van der Waals surface area contributed by atoms with E-state index in [1.54, 1.807) is 6.33 Å². The highest BCUT2D eigenvalue weighted by Crippen LogP contribution is 2.11. The van der Waals surface area contributed by atoms with Gasteiger partial charge in [0.2, 0.25) is 0 Å². The number of aromatic nitrogens is 3. The van der Waals surface area contributed by atoms with Crippen LogP contribution in [-0.4, -0.2) is 58.3 Å². The van der Waals surface area contributed by atoms with E-state index in [-0.39, 0.29) is 6.04 Å². The van der Waals surface area contributed by atoms with E-state index in [4.69, 9.17) is 4.99 Å². The Labute approximate surface area is 187 Å². The van der Waals surface area contributed by atoms with E-state index in [2.05, 4.69) is 74.5 Å². The number of nitrogens with zero attached hydrogens (tertiary/aromatic N) is 5. The molecule has 2 aromatic rings. The lowest BCUT2D eigenvalue weighted by molar-refractivity contribution is 0.283. The maximum atomic E-state index is 4.89. The van der Waals surface area contributed by atoms with Gasteiger partial charge in [0, 0.05) is 26.1 Å². The Morgan fingerprint density at radius 3 is 2.61 bits per heavy atom. The van der Waals surface area contributed by atoms with Crippen LogP contribution in [0, 0.1) is 0 Å². The number of nitrogens with one attached hydrogen (secondary N) is 2. The molecule has 7 nitrogen and oxygen atoms in total. The molecule has 0 bridgehead atoms. The molecule has 7 heteroatoms. The number of guanidine groups is 1. The highest BCUT2D eigenvalue weighted by atomic mass is 15.3. The van der Waals surface area contributed by atoms with Crippen LogP contribution in [-0.2, 0) is 13.0 Å². The molecule has 2 N–H and O–H groups in total. The molecule has 1 aromatic carbocycles. The van der Waals surface area contributed by atoms with Gasteiger partial charge in [-0.2, -0.15) is 0 Å². The molecule has 0 aliphatic carbocycles. The third kappa shape index (κ3) is 7.98. The second kappa shape index (κ2) is 13.1. The number of hydrogen-bond acceptors (Lipinski definition) is 4. The predicted octanol–water partition coefficient (Wildman–Crippen LogP) is 3.40. The van der Waals surface area contributed by atoms with Gasteiger partial charge in [0.25, 0.3) is 0 Å². The summed E-state index contributed by atoms with van der Waals surface area (Å²) in [6, 6.07) is 10.7. The van der Waals surface area contributed by atoms with Crippen molar-refractivity contribution in [3.8, 4) is 0 Å². The first-order valence-electron chi connectivity index (χ1n) is 11.9. The smallest absolute Gasteiger partial charge is 0.191 e. The van der Waals surface area contributed by atoms with Gasteiger partial charge in [-0.3, -0.25) is 4.99 Å². The normalized spacial score (nSPS) is 16.6. The molecule has 0 amide bonds. The summed E-state index contributed by atoms with van der Waals surface area (Å²) in [7, 11) is 0. The second-order valence-corrected chi connectivity index (χ2v) is 8.34. The molecule has 1 aliphatic heterocycles. The van der Waals surface area contributed by atoms with Crippen molar-refractivity contribution in [1.82, 2.24) is 30.3 Å². The Hall–Kier alpha value is -2.41. The van der Waals surface area contributed by atoms with Crippen LogP contribution >= 0.6 is 0 Å². The minimum Gasteiger partial charge on any atom is -0.355 e. The van der Waals surface area contributed by atoms with Gasteiger partial charge in [-0.25, -0.2) is 0 Å². The summed E-state index contributed by atoms with van der Waals surface area (Å²) >= 11 is 0. The van der Waals surface area contributed by atoms with E-state index in [0.29, 0.717) is 0 Å². The number of rotatable bonds is 10. The molecule has 0 spiro atoms. The van der Waals surface area contributed by atoms with Crippen LogP contribution in [0.15, 0.2) is 41.7 Å². The van der Waals surface area contributed by atoms with Gasteiger partial charge in [-0.15, -0.1) is 10.2 Å². The van der Waals surface area contributed by atoms with Crippen molar-refractivity contribution in [2.75, 3.05) is 32.7 Å². The molecule has 1 saturated heterocycles. The summed E-state index contributed by atoms with van der Waals surface area (Å²) in [6.45, 7) is 10.4. The fourth-order valence-electron chi connectivity index (χ4n) is 4.06. The summed E-state index contributed by atoms with van der Waals surface area (Å²) < 4.78 is 2.10. The van der Waals surface area contributed by atoms with E-state index in [1.807, 2.05) is 0 Å². The fourth-order valence-corrected chi connectivity index (χ4v) is 4.06. The van der Waals surface area contributed by atoms with E-state index in [9.17, 15) is 0 Å². The highest BCUT2D eigenvalue weighted by molar-refractivity contribution is 5.80. The van der Waals surface area contributed by atoms with Gasteiger partial charge >= 0.3 is 0 Å². The largest absolute Gasteiger partial charge is 0.355 e. The first-order valence-corrected chi connectivity index (χ1v) is 11.9. The van der Waals surface area contributed by atoms with E-state index in [1.165, 1.54) is 44.3 Å². The first-order chi connectivity index (χ1) is 15.3. The van der Waals surface area contributed by atoms with E-state index in [0.717, 1.165) is 50.8 Å². The molecule has 1 fully saturated rings. The molecule has 31 heavy (non-hydrogen) atoms. The average Bonchev–Trinajstić information content (AvgIpc) is 3.09. The van der Waals surface area contributed by atoms with Crippen molar-refractivity contribution in [3.63, 3.8) is 0 Å². The standard InChI is InChI=1S/C24H39N7/c1-3-23-29-27-20-31(23)19-15-26-24(28-21(2)22-12-7-6-8-13-22)25-14-11-18-30-16-9-4-5-10-17-30/h6-8,12-13,20-21H,3-5,9-11,14-19H2,1-2H3,(H2,25,26,28). The Balaban J connectivity index is 1.52. The van der Waals surface area contributed by atoms with Crippen molar-refractivity contribution in [2.45, 2.75) is 65.0 Å². The Kier molecular flexibility index (Phi) is 9.83. The summed E-state index contributed by atoms with van der Waals surface area (Å²) in [4.78, 5) is 7.49. The van der Waals surface area contributed by atoms with Crippen molar-refractivity contribution < 1.29 is 0 Å². The zero-order valence-electron chi connectivity index (χ0n) is 19.3. The second-order valence-electron chi connectivity index (χ2n) is 8.34. The first kappa shape index (κ1) is 23.3. The monoisotopic (exact) mass is 425 g/mol. The third-order valence-electron chi connectivity index (χ3n) is 5.91. The predicted molar refractivity (Wildman–Crippen MR) is 127 cm³/mol. The maximum absolute atomic E-state index is 4.89. The molecule has 1 aromatic heterocycles. The molecule has 2 heterocycles. The molecule has 1 unspecified atom stereocenters. The molecule has 0 radical (unpaired) electrons. The van der Waals surface area contributed by atoms with Gasteiger partial charge in [-0.1, -0.05) is 50.1 Å². The SMILES string of the molecule is CCc1nncn1CCNC(=NCCCN1CCCCCC1)NC(C)c1ccccc1. The van der Waals surface area contributed by atoms with Crippen molar-refractivity contribution in [3.05, 3.63) is 48.0 Å². The van der Waals surface area contributed by atoms with Gasteiger partial charge in [0.05, 0.1) is 6.04 Å². The number of likely N-dealkylation sites (tertiary alicyclic amines) is 1. The van der Waals surface area contributed by atoms with Crippen LogP contribution in [0.3, 0.4) is 0 Å². The summed E-state index contributed by atoms with van der Waals surface area (Å²) in [6.07, 6.45) is 9.24. The van der Waals surface area contributed by atoms with Crippen LogP contribution in [0.25, 0.3) is 0 Å². The molecule has 0 saturated carbocycles. The van der Waals surface area contributed by atoms with E-state index >= 15 is 0 Å². The minimum atomic E-state index is 0.194. The van der Waals surface area contributed by atoms with Gasteiger partial charge in [-0.05, 0) is 51.4 Å². The third-order valence-corrected chi connectivity index (χ3v) is 5.91. The molecule has 1 atom stereocenters. The lowest BCUT2D eigenvalue weighted by atomic mass is 10.1. The maximum Gasteiger partial charge on any atom is 0.191 e. The van der Waals surface area contributed by atoms with Crippen LogP contribution < -0.4 is 10.6 Å². The topological polar surface area (TPSA) is 70.4 Å². The van der Waals surface area contributed by atoms with Gasteiger partial charge in [0.1, 0.15) is 12.2 Å². The Bertz CT molecular complexity index is 763. The van der Waals surface area contributed by atoms with Crippen molar-refractivity contribution >= 4 is 5.96 Å². The molecule has 170 valence electrons. The zero-order chi connectivity index (χ0) is 21.7. The van der Waals surface area contributed by atoms with Crippen molar-refractivity contribution in [2.24, 2.45) is 4.99 Å². The summed E-state index contributed by atoms with van der Waals surface area (Å²) in [5, 5.41) is 15.3.